The quantitative estimate of drug-likeness (QED) is 0.681. The lowest BCUT2D eigenvalue weighted by molar-refractivity contribution is 0.113. The van der Waals surface area contributed by atoms with Gasteiger partial charge in [-0.1, -0.05) is 6.92 Å². The average molecular weight is 211 g/mol. The third kappa shape index (κ3) is 2.92. The minimum absolute atomic E-state index is 0.852. The summed E-state index contributed by atoms with van der Waals surface area (Å²) in [5.41, 5.74) is 0. The lowest BCUT2D eigenvalue weighted by Crippen LogP contribution is -2.49. The molecular weight excluding hydrogens is 186 g/mol. The largest absolute Gasteiger partial charge is 0.304 e. The van der Waals surface area contributed by atoms with E-state index in [9.17, 15) is 0 Å². The summed E-state index contributed by atoms with van der Waals surface area (Å²) in [6, 6.07) is 0.852. The average Bonchev–Trinajstić information content (AvgIpc) is 2.68. The second kappa shape index (κ2) is 5.28. The van der Waals surface area contributed by atoms with Crippen molar-refractivity contribution in [2.45, 2.75) is 25.8 Å². The molecule has 0 saturated carbocycles. The molecule has 0 spiro atoms. The van der Waals surface area contributed by atoms with Gasteiger partial charge in [0.2, 0.25) is 0 Å². The van der Waals surface area contributed by atoms with E-state index in [-0.39, 0.29) is 0 Å². The Morgan fingerprint density at radius 2 is 1.80 bits per heavy atom. The molecule has 0 aromatic carbocycles. The molecule has 1 unspecified atom stereocenters. The van der Waals surface area contributed by atoms with Crippen molar-refractivity contribution in [1.82, 2.24) is 14.7 Å². The van der Waals surface area contributed by atoms with Gasteiger partial charge in [-0.15, -0.1) is 0 Å². The first-order valence-electron chi connectivity index (χ1n) is 6.44. The lowest BCUT2D eigenvalue weighted by Gasteiger charge is -2.36. The third-order valence-electron chi connectivity index (χ3n) is 3.84. The van der Waals surface area contributed by atoms with Crippen LogP contribution in [0.25, 0.3) is 0 Å². The first-order valence-corrected chi connectivity index (χ1v) is 6.44. The van der Waals surface area contributed by atoms with Crippen LogP contribution < -0.4 is 0 Å². The van der Waals surface area contributed by atoms with Crippen LogP contribution in [0.3, 0.4) is 0 Å². The summed E-state index contributed by atoms with van der Waals surface area (Å²) in [4.78, 5) is 7.77. The Morgan fingerprint density at radius 1 is 1.07 bits per heavy atom. The van der Waals surface area contributed by atoms with Crippen LogP contribution in [-0.4, -0.2) is 73.6 Å². The van der Waals surface area contributed by atoms with Crippen molar-refractivity contribution in [1.29, 1.82) is 0 Å². The molecule has 0 aromatic heterocycles. The minimum atomic E-state index is 0.852. The Hall–Kier alpha value is -0.120. The molecule has 2 rings (SSSR count). The molecule has 0 N–H and O–H groups in total. The van der Waals surface area contributed by atoms with E-state index in [1.165, 1.54) is 58.7 Å². The van der Waals surface area contributed by atoms with Gasteiger partial charge in [-0.2, -0.15) is 0 Å². The number of hydrogen-bond donors (Lipinski definition) is 0. The van der Waals surface area contributed by atoms with Crippen LogP contribution in [0.15, 0.2) is 0 Å². The van der Waals surface area contributed by atoms with Crippen molar-refractivity contribution in [2.24, 2.45) is 0 Å². The van der Waals surface area contributed by atoms with Crippen LogP contribution in [0.2, 0.25) is 0 Å². The summed E-state index contributed by atoms with van der Waals surface area (Å²) in [5, 5.41) is 0. The fourth-order valence-electron chi connectivity index (χ4n) is 2.82. The van der Waals surface area contributed by atoms with Gasteiger partial charge >= 0.3 is 0 Å². The van der Waals surface area contributed by atoms with E-state index < -0.39 is 0 Å². The Morgan fingerprint density at radius 3 is 2.47 bits per heavy atom. The molecule has 0 aromatic rings. The number of hydrogen-bond acceptors (Lipinski definition) is 3. The molecule has 0 amide bonds. The molecule has 0 bridgehead atoms. The molecule has 2 aliphatic heterocycles. The molecule has 2 saturated heterocycles. The van der Waals surface area contributed by atoms with E-state index in [0.717, 1.165) is 6.04 Å². The topological polar surface area (TPSA) is 9.72 Å². The standard InChI is InChI=1S/C12H25N3/c1-3-5-14-6-4-12(11-14)15-9-7-13(2)8-10-15/h12H,3-11H2,1-2H3. The van der Waals surface area contributed by atoms with Crippen molar-refractivity contribution in [2.75, 3.05) is 52.9 Å². The normalized spacial score (nSPS) is 31.2. The fraction of sp³-hybridized carbons (Fsp3) is 1.00. The number of nitrogens with zero attached hydrogens (tertiary/aromatic N) is 3. The molecule has 0 aliphatic carbocycles. The lowest BCUT2D eigenvalue weighted by atomic mass is 10.2. The molecule has 2 heterocycles. The summed E-state index contributed by atoms with van der Waals surface area (Å²) >= 11 is 0. The Bertz CT molecular complexity index is 187. The van der Waals surface area contributed by atoms with Gasteiger partial charge in [-0.3, -0.25) is 4.90 Å². The van der Waals surface area contributed by atoms with E-state index in [1.807, 2.05) is 0 Å². The summed E-state index contributed by atoms with van der Waals surface area (Å²) in [6.45, 7) is 11.3. The highest BCUT2D eigenvalue weighted by atomic mass is 15.3. The van der Waals surface area contributed by atoms with Gasteiger partial charge in [0.05, 0.1) is 0 Å². The molecule has 3 nitrogen and oxygen atoms in total. The minimum Gasteiger partial charge on any atom is -0.304 e. The molecule has 88 valence electrons. The summed E-state index contributed by atoms with van der Waals surface area (Å²) < 4.78 is 0. The van der Waals surface area contributed by atoms with Gasteiger partial charge in [0, 0.05) is 38.8 Å². The maximum absolute atomic E-state index is 2.70. The smallest absolute Gasteiger partial charge is 0.0236 e. The van der Waals surface area contributed by atoms with Gasteiger partial charge < -0.3 is 9.80 Å². The van der Waals surface area contributed by atoms with E-state index in [4.69, 9.17) is 0 Å². The Balaban J connectivity index is 1.75. The highest BCUT2D eigenvalue weighted by Crippen LogP contribution is 2.17. The molecule has 1 atom stereocenters. The number of rotatable bonds is 3. The molecule has 2 fully saturated rings. The van der Waals surface area contributed by atoms with Gasteiger partial charge in [0.1, 0.15) is 0 Å². The first-order chi connectivity index (χ1) is 7.29. The maximum atomic E-state index is 2.70. The molecule has 2 aliphatic rings. The SMILES string of the molecule is CCCN1CCC(N2CCN(C)CC2)C1. The fourth-order valence-corrected chi connectivity index (χ4v) is 2.82. The molecule has 15 heavy (non-hydrogen) atoms. The van der Waals surface area contributed by atoms with Crippen LogP contribution in [0.4, 0.5) is 0 Å². The van der Waals surface area contributed by atoms with Crippen molar-refractivity contribution in [3.05, 3.63) is 0 Å². The maximum Gasteiger partial charge on any atom is 0.0236 e. The van der Waals surface area contributed by atoms with Crippen LogP contribution in [0.1, 0.15) is 19.8 Å². The van der Waals surface area contributed by atoms with Crippen LogP contribution in [-0.2, 0) is 0 Å². The zero-order valence-corrected chi connectivity index (χ0v) is 10.3. The highest BCUT2D eigenvalue weighted by molar-refractivity contribution is 4.85. The number of likely N-dealkylation sites (tertiary alicyclic amines) is 1. The van der Waals surface area contributed by atoms with Crippen molar-refractivity contribution in [3.63, 3.8) is 0 Å². The van der Waals surface area contributed by atoms with Gasteiger partial charge in [0.15, 0.2) is 0 Å². The predicted octanol–water partition coefficient (Wildman–Crippen LogP) is 0.718. The molecule has 0 radical (unpaired) electrons. The van der Waals surface area contributed by atoms with E-state index in [0.29, 0.717) is 0 Å². The Kier molecular flexibility index (Phi) is 4.00. The second-order valence-electron chi connectivity index (χ2n) is 5.08. The summed E-state index contributed by atoms with van der Waals surface area (Å²) in [6.07, 6.45) is 2.69. The van der Waals surface area contributed by atoms with Crippen molar-refractivity contribution in [3.8, 4) is 0 Å². The van der Waals surface area contributed by atoms with Crippen LogP contribution >= 0.6 is 0 Å². The monoisotopic (exact) mass is 211 g/mol. The predicted molar refractivity (Wildman–Crippen MR) is 64.2 cm³/mol. The number of piperazine rings is 1. The van der Waals surface area contributed by atoms with Crippen molar-refractivity contribution < 1.29 is 0 Å². The highest BCUT2D eigenvalue weighted by Gasteiger charge is 2.28. The summed E-state index contributed by atoms with van der Waals surface area (Å²) in [5.74, 6) is 0. The molecule has 3 heteroatoms. The first kappa shape index (κ1) is 11.4. The zero-order valence-electron chi connectivity index (χ0n) is 10.3. The Labute approximate surface area is 94.0 Å². The van der Waals surface area contributed by atoms with E-state index in [2.05, 4.69) is 28.7 Å². The summed E-state index contributed by atoms with van der Waals surface area (Å²) in [7, 11) is 2.23. The van der Waals surface area contributed by atoms with E-state index >= 15 is 0 Å². The zero-order chi connectivity index (χ0) is 10.7. The molecular formula is C12H25N3. The van der Waals surface area contributed by atoms with Gasteiger partial charge in [0.25, 0.3) is 0 Å². The van der Waals surface area contributed by atoms with Gasteiger partial charge in [-0.25, -0.2) is 0 Å². The second-order valence-corrected chi connectivity index (χ2v) is 5.08. The van der Waals surface area contributed by atoms with Crippen LogP contribution in [0, 0.1) is 0 Å². The third-order valence-corrected chi connectivity index (χ3v) is 3.84. The number of likely N-dealkylation sites (N-methyl/N-ethyl adjacent to an activating group) is 1. The van der Waals surface area contributed by atoms with Crippen molar-refractivity contribution >= 4 is 0 Å². The van der Waals surface area contributed by atoms with Gasteiger partial charge in [-0.05, 0) is 33.0 Å². The van der Waals surface area contributed by atoms with Crippen LogP contribution in [0.5, 0.6) is 0 Å². The van der Waals surface area contributed by atoms with E-state index in [1.54, 1.807) is 0 Å².